The lowest BCUT2D eigenvalue weighted by Gasteiger charge is -2.35. The number of nitrogens with zero attached hydrogens (tertiary/aromatic N) is 3. The minimum absolute atomic E-state index is 0.213. The lowest BCUT2D eigenvalue weighted by Crippen LogP contribution is -2.46. The van der Waals surface area contributed by atoms with Crippen molar-refractivity contribution in [3.05, 3.63) is 29.8 Å². The predicted molar refractivity (Wildman–Crippen MR) is 122 cm³/mol. The molecule has 0 spiro atoms. The van der Waals surface area contributed by atoms with E-state index in [-0.39, 0.29) is 6.04 Å². The molecule has 1 aromatic carbocycles. The molecule has 2 aliphatic heterocycles. The van der Waals surface area contributed by atoms with Crippen LogP contribution >= 0.6 is 0 Å². The summed E-state index contributed by atoms with van der Waals surface area (Å²) in [6.07, 6.45) is 4.36. The average Bonchev–Trinajstić information content (AvgIpc) is 3.24. The summed E-state index contributed by atoms with van der Waals surface area (Å²) in [7, 11) is 1.84. The Hall–Kier alpha value is -1.79. The first-order valence-electron chi connectivity index (χ1n) is 11.2. The Morgan fingerprint density at radius 2 is 1.93 bits per heavy atom. The molecule has 3 atom stereocenters. The molecule has 0 radical (unpaired) electrons. The van der Waals surface area contributed by atoms with Crippen LogP contribution in [0.2, 0.25) is 0 Å². The smallest absolute Gasteiger partial charge is 0.191 e. The van der Waals surface area contributed by atoms with Crippen molar-refractivity contribution < 1.29 is 4.74 Å². The molecule has 2 aliphatic rings. The Labute approximate surface area is 176 Å². The van der Waals surface area contributed by atoms with Crippen molar-refractivity contribution in [3.63, 3.8) is 0 Å². The van der Waals surface area contributed by atoms with Crippen LogP contribution in [0.4, 0.5) is 5.69 Å². The van der Waals surface area contributed by atoms with Crippen molar-refractivity contribution in [1.29, 1.82) is 0 Å². The van der Waals surface area contributed by atoms with Crippen LogP contribution in [0.5, 0.6) is 0 Å². The number of hydrogen-bond donors (Lipinski definition) is 2. The Balaban J connectivity index is 1.43. The number of hydrogen-bond acceptors (Lipinski definition) is 4. The molecule has 0 aliphatic carbocycles. The van der Waals surface area contributed by atoms with E-state index in [4.69, 9.17) is 4.74 Å². The topological polar surface area (TPSA) is 52.1 Å². The molecule has 1 aromatic rings. The first-order chi connectivity index (χ1) is 14.0. The summed E-state index contributed by atoms with van der Waals surface area (Å²) in [6.45, 7) is 12.9. The standard InChI is InChI=1S/C23H39N5O/c1-18-16-27(17-19(2)29-18)12-8-11-25-23(24-4)26-20(3)21-9-7-10-22(15-21)28-13-5-6-14-28/h7,9-10,15,18-20H,5-6,8,11-14,16-17H2,1-4H3,(H2,24,25,26). The van der Waals surface area contributed by atoms with Gasteiger partial charge in [-0.15, -0.1) is 0 Å². The van der Waals surface area contributed by atoms with Crippen molar-refractivity contribution in [3.8, 4) is 0 Å². The van der Waals surface area contributed by atoms with Crippen molar-refractivity contribution in [2.45, 2.75) is 58.3 Å². The zero-order valence-electron chi connectivity index (χ0n) is 18.7. The molecule has 6 nitrogen and oxygen atoms in total. The van der Waals surface area contributed by atoms with E-state index in [1.807, 2.05) is 7.05 Å². The summed E-state index contributed by atoms with van der Waals surface area (Å²) in [5, 5.41) is 7.01. The van der Waals surface area contributed by atoms with Crippen LogP contribution < -0.4 is 15.5 Å². The fourth-order valence-electron chi connectivity index (χ4n) is 4.43. The summed E-state index contributed by atoms with van der Waals surface area (Å²) in [5.41, 5.74) is 2.64. The number of guanidine groups is 1. The highest BCUT2D eigenvalue weighted by Crippen LogP contribution is 2.23. The van der Waals surface area contributed by atoms with Gasteiger partial charge < -0.3 is 20.3 Å². The zero-order chi connectivity index (χ0) is 20.6. The van der Waals surface area contributed by atoms with Gasteiger partial charge >= 0.3 is 0 Å². The van der Waals surface area contributed by atoms with E-state index in [0.717, 1.165) is 38.6 Å². The third-order valence-corrected chi connectivity index (χ3v) is 5.86. The minimum Gasteiger partial charge on any atom is -0.373 e. The van der Waals surface area contributed by atoms with Crippen LogP contribution in [0.15, 0.2) is 29.3 Å². The lowest BCUT2D eigenvalue weighted by molar-refractivity contribution is -0.0679. The molecule has 2 fully saturated rings. The third-order valence-electron chi connectivity index (χ3n) is 5.86. The van der Waals surface area contributed by atoms with E-state index < -0.39 is 0 Å². The number of benzene rings is 1. The number of anilines is 1. The van der Waals surface area contributed by atoms with E-state index >= 15 is 0 Å². The number of ether oxygens (including phenoxy) is 1. The molecule has 0 aromatic heterocycles. The molecule has 3 rings (SSSR count). The second-order valence-electron chi connectivity index (χ2n) is 8.52. The molecule has 2 heterocycles. The number of aliphatic imine (C=N–C) groups is 1. The van der Waals surface area contributed by atoms with Gasteiger partial charge in [0.25, 0.3) is 0 Å². The highest BCUT2D eigenvalue weighted by atomic mass is 16.5. The fourth-order valence-corrected chi connectivity index (χ4v) is 4.43. The predicted octanol–water partition coefficient (Wildman–Crippen LogP) is 3.01. The summed E-state index contributed by atoms with van der Waals surface area (Å²) in [5.74, 6) is 0.868. The number of morpholine rings is 1. The van der Waals surface area contributed by atoms with Crippen LogP contribution in [-0.4, -0.2) is 69.4 Å². The molecule has 0 amide bonds. The highest BCUT2D eigenvalue weighted by Gasteiger charge is 2.21. The first-order valence-corrected chi connectivity index (χ1v) is 11.2. The second-order valence-corrected chi connectivity index (χ2v) is 8.52. The Morgan fingerprint density at radius 3 is 2.62 bits per heavy atom. The van der Waals surface area contributed by atoms with Gasteiger partial charge in [0.1, 0.15) is 0 Å². The normalized spacial score (nSPS) is 24.6. The monoisotopic (exact) mass is 401 g/mol. The SMILES string of the molecule is CN=C(NCCCN1CC(C)OC(C)C1)NC(C)c1cccc(N2CCCC2)c1. The quantitative estimate of drug-likeness (QED) is 0.418. The van der Waals surface area contributed by atoms with Crippen molar-refractivity contribution in [1.82, 2.24) is 15.5 Å². The van der Waals surface area contributed by atoms with Gasteiger partial charge in [0.15, 0.2) is 5.96 Å². The molecular formula is C23H39N5O. The Bertz CT molecular complexity index is 648. The van der Waals surface area contributed by atoms with Crippen LogP contribution in [0.1, 0.15) is 51.6 Å². The summed E-state index contributed by atoms with van der Waals surface area (Å²) in [6, 6.07) is 9.12. The van der Waals surface area contributed by atoms with Gasteiger partial charge in [0.2, 0.25) is 0 Å². The van der Waals surface area contributed by atoms with E-state index in [2.05, 4.69) is 70.5 Å². The van der Waals surface area contributed by atoms with E-state index in [1.165, 1.54) is 37.2 Å². The molecule has 162 valence electrons. The van der Waals surface area contributed by atoms with Crippen LogP contribution in [0.25, 0.3) is 0 Å². The maximum Gasteiger partial charge on any atom is 0.191 e. The molecule has 0 saturated carbocycles. The minimum atomic E-state index is 0.213. The van der Waals surface area contributed by atoms with Gasteiger partial charge in [-0.1, -0.05) is 12.1 Å². The molecule has 6 heteroatoms. The van der Waals surface area contributed by atoms with Gasteiger partial charge in [-0.3, -0.25) is 9.89 Å². The number of nitrogens with one attached hydrogen (secondary N) is 2. The third kappa shape index (κ3) is 6.61. The zero-order valence-corrected chi connectivity index (χ0v) is 18.7. The molecule has 2 saturated heterocycles. The Morgan fingerprint density at radius 1 is 1.21 bits per heavy atom. The molecule has 0 bridgehead atoms. The molecule has 2 N–H and O–H groups in total. The largest absolute Gasteiger partial charge is 0.373 e. The fraction of sp³-hybridized carbons (Fsp3) is 0.696. The lowest BCUT2D eigenvalue weighted by atomic mass is 10.1. The first kappa shape index (κ1) is 21.9. The summed E-state index contributed by atoms with van der Waals surface area (Å²) in [4.78, 5) is 9.40. The average molecular weight is 402 g/mol. The Kier molecular flexibility index (Phi) is 8.19. The van der Waals surface area contributed by atoms with Gasteiger partial charge in [-0.05, 0) is 57.7 Å². The maximum atomic E-state index is 5.82. The van der Waals surface area contributed by atoms with E-state index in [0.29, 0.717) is 12.2 Å². The van der Waals surface area contributed by atoms with Crippen LogP contribution in [0, 0.1) is 0 Å². The van der Waals surface area contributed by atoms with Crippen molar-refractivity contribution in [2.24, 2.45) is 4.99 Å². The summed E-state index contributed by atoms with van der Waals surface area (Å²) < 4.78 is 5.82. The second kappa shape index (κ2) is 10.8. The van der Waals surface area contributed by atoms with Gasteiger partial charge in [-0.2, -0.15) is 0 Å². The van der Waals surface area contributed by atoms with Crippen molar-refractivity contribution >= 4 is 11.6 Å². The molecule has 29 heavy (non-hydrogen) atoms. The van der Waals surface area contributed by atoms with E-state index in [1.54, 1.807) is 0 Å². The van der Waals surface area contributed by atoms with Gasteiger partial charge in [0, 0.05) is 52.0 Å². The molecule has 3 unspecified atom stereocenters. The number of rotatable bonds is 7. The van der Waals surface area contributed by atoms with Gasteiger partial charge in [0.05, 0.1) is 18.2 Å². The van der Waals surface area contributed by atoms with Crippen molar-refractivity contribution in [2.75, 3.05) is 51.2 Å². The van der Waals surface area contributed by atoms with Crippen LogP contribution in [-0.2, 0) is 4.74 Å². The maximum absolute atomic E-state index is 5.82. The van der Waals surface area contributed by atoms with Crippen LogP contribution in [0.3, 0.4) is 0 Å². The van der Waals surface area contributed by atoms with E-state index in [9.17, 15) is 0 Å². The highest BCUT2D eigenvalue weighted by molar-refractivity contribution is 5.80. The molecular weight excluding hydrogens is 362 g/mol. The van der Waals surface area contributed by atoms with Gasteiger partial charge in [-0.25, -0.2) is 0 Å². The summed E-state index contributed by atoms with van der Waals surface area (Å²) >= 11 is 0.